The van der Waals surface area contributed by atoms with E-state index in [1.165, 1.54) is 25.7 Å². The second-order valence-corrected chi connectivity index (χ2v) is 7.87. The van der Waals surface area contributed by atoms with Crippen LogP contribution in [0.4, 0.5) is 0 Å². The Bertz CT molecular complexity index is 587. The molecule has 1 saturated carbocycles. The number of hydrogen-bond donors (Lipinski definition) is 2. The third-order valence-electron chi connectivity index (χ3n) is 5.19. The molecule has 0 aliphatic heterocycles. The molecule has 6 nitrogen and oxygen atoms in total. The molecule has 0 bridgehead atoms. The normalized spacial score (nSPS) is 15.8. The Labute approximate surface area is 193 Å². The molecule has 0 amide bonds. The van der Waals surface area contributed by atoms with Crippen molar-refractivity contribution < 1.29 is 9.47 Å². The van der Waals surface area contributed by atoms with Gasteiger partial charge in [-0.1, -0.05) is 18.9 Å². The largest absolute Gasteiger partial charge is 0.475 e. The van der Waals surface area contributed by atoms with E-state index in [-0.39, 0.29) is 30.1 Å². The number of guanidine groups is 1. The quantitative estimate of drug-likeness (QED) is 0.195. The van der Waals surface area contributed by atoms with Crippen molar-refractivity contribution in [3.05, 3.63) is 23.9 Å². The maximum atomic E-state index is 5.62. The van der Waals surface area contributed by atoms with Crippen LogP contribution < -0.4 is 15.4 Å². The third-order valence-corrected chi connectivity index (χ3v) is 5.19. The van der Waals surface area contributed by atoms with E-state index in [9.17, 15) is 0 Å². The van der Waals surface area contributed by atoms with Gasteiger partial charge in [0.1, 0.15) is 0 Å². The third kappa shape index (κ3) is 9.51. The Kier molecular flexibility index (Phi) is 12.5. The Morgan fingerprint density at radius 3 is 2.55 bits per heavy atom. The number of aliphatic imine (C=N–C) groups is 1. The fourth-order valence-electron chi connectivity index (χ4n) is 3.67. The summed E-state index contributed by atoms with van der Waals surface area (Å²) in [6, 6.07) is 3.94. The van der Waals surface area contributed by atoms with Crippen LogP contribution in [0.3, 0.4) is 0 Å². The van der Waals surface area contributed by atoms with Crippen LogP contribution >= 0.6 is 24.0 Å². The maximum Gasteiger partial charge on any atom is 0.213 e. The summed E-state index contributed by atoms with van der Waals surface area (Å²) in [5.74, 6) is 1.53. The first-order valence-electron chi connectivity index (χ1n) is 10.8. The van der Waals surface area contributed by atoms with Gasteiger partial charge in [-0.3, -0.25) is 0 Å². The molecule has 0 saturated heterocycles. The van der Waals surface area contributed by atoms with E-state index in [4.69, 9.17) is 14.5 Å². The van der Waals surface area contributed by atoms with E-state index in [1.54, 1.807) is 0 Å². The molecule has 1 aliphatic rings. The van der Waals surface area contributed by atoms with E-state index >= 15 is 0 Å². The molecule has 1 fully saturated rings. The minimum Gasteiger partial charge on any atom is -0.475 e. The van der Waals surface area contributed by atoms with Crippen molar-refractivity contribution in [2.24, 2.45) is 10.4 Å². The van der Waals surface area contributed by atoms with Gasteiger partial charge in [-0.2, -0.15) is 0 Å². The number of halogens is 1. The molecular weight excluding hydrogens is 479 g/mol. The number of ether oxygens (including phenoxy) is 2. The van der Waals surface area contributed by atoms with E-state index in [0.717, 1.165) is 44.2 Å². The molecule has 2 rings (SSSR count). The van der Waals surface area contributed by atoms with Gasteiger partial charge >= 0.3 is 0 Å². The lowest BCUT2D eigenvalue weighted by Gasteiger charge is -2.30. The van der Waals surface area contributed by atoms with Gasteiger partial charge in [0, 0.05) is 38.6 Å². The lowest BCUT2D eigenvalue weighted by molar-refractivity contribution is 0.105. The second kappa shape index (κ2) is 14.0. The summed E-state index contributed by atoms with van der Waals surface area (Å²) in [5, 5.41) is 6.94. The van der Waals surface area contributed by atoms with E-state index in [1.807, 2.05) is 32.2 Å². The van der Waals surface area contributed by atoms with Gasteiger partial charge in [-0.25, -0.2) is 9.98 Å². The highest BCUT2D eigenvalue weighted by molar-refractivity contribution is 14.0. The molecule has 1 heterocycles. The molecule has 29 heavy (non-hydrogen) atoms. The molecule has 0 radical (unpaired) electrons. The van der Waals surface area contributed by atoms with Crippen molar-refractivity contribution in [2.75, 3.05) is 26.3 Å². The van der Waals surface area contributed by atoms with Gasteiger partial charge in [0.25, 0.3) is 0 Å². The SMILES string of the molecule is CCNC(=NCc1ccc(OC(C)C)nc1)NCC1(CCOCC)CCCC1.I. The van der Waals surface area contributed by atoms with Crippen molar-refractivity contribution in [1.82, 2.24) is 15.6 Å². The van der Waals surface area contributed by atoms with Crippen LogP contribution in [0.25, 0.3) is 0 Å². The molecule has 166 valence electrons. The molecular formula is C22H39IN4O2. The van der Waals surface area contributed by atoms with Crippen LogP contribution in [-0.2, 0) is 11.3 Å². The van der Waals surface area contributed by atoms with E-state index in [2.05, 4.69) is 29.5 Å². The first kappa shape index (κ1) is 25.9. The summed E-state index contributed by atoms with van der Waals surface area (Å²) >= 11 is 0. The lowest BCUT2D eigenvalue weighted by Crippen LogP contribution is -2.43. The van der Waals surface area contributed by atoms with Gasteiger partial charge in [-0.05, 0) is 57.9 Å². The number of pyridine rings is 1. The minimum absolute atomic E-state index is 0. The van der Waals surface area contributed by atoms with Crippen LogP contribution in [0.1, 0.15) is 65.4 Å². The van der Waals surface area contributed by atoms with Crippen LogP contribution in [0.2, 0.25) is 0 Å². The number of nitrogens with one attached hydrogen (secondary N) is 2. The zero-order chi connectivity index (χ0) is 20.2. The fraction of sp³-hybridized carbons (Fsp3) is 0.727. The van der Waals surface area contributed by atoms with Crippen LogP contribution in [0.15, 0.2) is 23.3 Å². The predicted molar refractivity (Wildman–Crippen MR) is 130 cm³/mol. The Hall–Kier alpha value is -1.09. The van der Waals surface area contributed by atoms with Crippen molar-refractivity contribution in [3.63, 3.8) is 0 Å². The molecule has 0 unspecified atom stereocenters. The average molecular weight is 518 g/mol. The number of hydrogen-bond acceptors (Lipinski definition) is 4. The van der Waals surface area contributed by atoms with Gasteiger partial charge < -0.3 is 20.1 Å². The standard InChI is InChI=1S/C22H38N4O2.HI/c1-5-23-21(25-16-19-9-10-20(24-15-19)28-18(3)4)26-17-22(11-7-8-12-22)13-14-27-6-2;/h9-10,15,18H,5-8,11-14,16-17H2,1-4H3,(H2,23,25,26);1H. The summed E-state index contributed by atoms with van der Waals surface area (Å²) in [6.45, 7) is 12.2. The Balaban J connectivity index is 0.00000420. The predicted octanol–water partition coefficient (Wildman–Crippen LogP) is 4.53. The molecule has 2 N–H and O–H groups in total. The van der Waals surface area contributed by atoms with Gasteiger partial charge in [0.2, 0.25) is 5.88 Å². The summed E-state index contributed by atoms with van der Waals surface area (Å²) in [6.07, 6.45) is 8.27. The highest BCUT2D eigenvalue weighted by Gasteiger charge is 2.33. The molecule has 7 heteroatoms. The fourth-order valence-corrected chi connectivity index (χ4v) is 3.67. The van der Waals surface area contributed by atoms with Crippen LogP contribution in [0.5, 0.6) is 5.88 Å². The highest BCUT2D eigenvalue weighted by Crippen LogP contribution is 2.40. The Morgan fingerprint density at radius 1 is 1.21 bits per heavy atom. The summed E-state index contributed by atoms with van der Waals surface area (Å²) in [5.41, 5.74) is 1.41. The van der Waals surface area contributed by atoms with Crippen molar-refractivity contribution in [3.8, 4) is 5.88 Å². The number of aromatic nitrogens is 1. The van der Waals surface area contributed by atoms with E-state index < -0.39 is 0 Å². The number of nitrogens with zero attached hydrogens (tertiary/aromatic N) is 2. The highest BCUT2D eigenvalue weighted by atomic mass is 127. The molecule has 1 aromatic heterocycles. The first-order chi connectivity index (χ1) is 13.6. The summed E-state index contributed by atoms with van der Waals surface area (Å²) < 4.78 is 11.2. The second-order valence-electron chi connectivity index (χ2n) is 7.87. The molecule has 1 aliphatic carbocycles. The van der Waals surface area contributed by atoms with E-state index in [0.29, 0.717) is 17.8 Å². The average Bonchev–Trinajstić information content (AvgIpc) is 3.14. The maximum absolute atomic E-state index is 5.62. The van der Waals surface area contributed by atoms with Crippen molar-refractivity contribution in [2.45, 2.75) is 72.4 Å². The number of rotatable bonds is 11. The van der Waals surface area contributed by atoms with Gasteiger partial charge in [0.15, 0.2) is 5.96 Å². The Morgan fingerprint density at radius 2 is 1.97 bits per heavy atom. The molecule has 0 aromatic carbocycles. The first-order valence-corrected chi connectivity index (χ1v) is 10.8. The lowest BCUT2D eigenvalue weighted by atomic mass is 9.83. The zero-order valence-corrected chi connectivity index (χ0v) is 20.8. The van der Waals surface area contributed by atoms with Crippen molar-refractivity contribution in [1.29, 1.82) is 0 Å². The molecule has 0 atom stereocenters. The summed E-state index contributed by atoms with van der Waals surface area (Å²) in [4.78, 5) is 9.10. The van der Waals surface area contributed by atoms with Gasteiger partial charge in [0.05, 0.1) is 12.6 Å². The van der Waals surface area contributed by atoms with Crippen molar-refractivity contribution >= 4 is 29.9 Å². The monoisotopic (exact) mass is 518 g/mol. The van der Waals surface area contributed by atoms with Gasteiger partial charge in [-0.15, -0.1) is 24.0 Å². The van der Waals surface area contributed by atoms with Crippen LogP contribution in [-0.4, -0.2) is 43.4 Å². The topological polar surface area (TPSA) is 67.8 Å². The molecule has 1 aromatic rings. The summed E-state index contributed by atoms with van der Waals surface area (Å²) in [7, 11) is 0. The zero-order valence-electron chi connectivity index (χ0n) is 18.5. The van der Waals surface area contributed by atoms with Crippen LogP contribution in [0, 0.1) is 5.41 Å². The molecule has 0 spiro atoms. The smallest absolute Gasteiger partial charge is 0.213 e. The minimum atomic E-state index is 0.